The number of nitrogens with one attached hydrogen (secondary N) is 2. The number of aromatic nitrogens is 2. The largest absolute Gasteiger partial charge is 0.338 e. The van der Waals surface area contributed by atoms with Crippen LogP contribution in [0.25, 0.3) is 10.9 Å². The fourth-order valence-electron chi connectivity index (χ4n) is 2.84. The number of hydrogen-bond acceptors (Lipinski definition) is 4. The summed E-state index contributed by atoms with van der Waals surface area (Å²) < 4.78 is 0. The van der Waals surface area contributed by atoms with E-state index < -0.39 is 0 Å². The number of carbonyl (C=O) groups excluding carboxylic acids is 2. The van der Waals surface area contributed by atoms with Crippen LogP contribution < -0.4 is 15.5 Å². The molecule has 2 N–H and O–H groups in total. The molecule has 0 aliphatic carbocycles. The van der Waals surface area contributed by atoms with Crippen LogP contribution in [0, 0.1) is 6.92 Å². The van der Waals surface area contributed by atoms with E-state index in [2.05, 4.69) is 20.6 Å². The third kappa shape index (κ3) is 3.72. The molecule has 9 heteroatoms. The first-order valence-electron chi connectivity index (χ1n) is 8.45. The standard InChI is InChI=1S/C19H17Cl2N5O2/c1-3-22-19(28)25-15-11(2)9-24-16-12(15)5-4-6-14(16)26(10-27)17-13(20)7-8-23-18(17)21/h4-10H,3H2,1-2H3,(H2,22,24,25,28). The zero-order valence-corrected chi connectivity index (χ0v) is 16.7. The van der Waals surface area contributed by atoms with Gasteiger partial charge in [0.1, 0.15) is 5.69 Å². The second kappa shape index (κ2) is 8.41. The lowest BCUT2D eigenvalue weighted by Gasteiger charge is -2.22. The molecule has 2 heterocycles. The van der Waals surface area contributed by atoms with E-state index >= 15 is 0 Å². The Morgan fingerprint density at radius 3 is 2.71 bits per heavy atom. The minimum atomic E-state index is -0.325. The molecule has 1 aromatic carbocycles. The molecule has 0 saturated carbocycles. The van der Waals surface area contributed by atoms with Crippen LogP contribution in [0.2, 0.25) is 10.2 Å². The molecule has 144 valence electrons. The highest BCUT2D eigenvalue weighted by Gasteiger charge is 2.21. The van der Waals surface area contributed by atoms with Crippen molar-refractivity contribution in [3.05, 3.63) is 52.4 Å². The van der Waals surface area contributed by atoms with Crippen molar-refractivity contribution in [3.63, 3.8) is 0 Å². The molecule has 0 radical (unpaired) electrons. The number of carbonyl (C=O) groups is 2. The number of rotatable bonds is 5. The fraction of sp³-hybridized carbons (Fsp3) is 0.158. The van der Waals surface area contributed by atoms with E-state index in [-0.39, 0.29) is 21.9 Å². The molecular formula is C19H17Cl2N5O2. The van der Waals surface area contributed by atoms with Crippen LogP contribution in [-0.2, 0) is 4.79 Å². The number of nitrogens with zero attached hydrogens (tertiary/aromatic N) is 3. The molecule has 0 bridgehead atoms. The van der Waals surface area contributed by atoms with E-state index in [0.29, 0.717) is 35.2 Å². The maximum absolute atomic E-state index is 12.0. The minimum absolute atomic E-state index is 0.0874. The van der Waals surface area contributed by atoms with Gasteiger partial charge in [-0.1, -0.05) is 35.3 Å². The normalized spacial score (nSPS) is 10.6. The van der Waals surface area contributed by atoms with Gasteiger partial charge in [-0.3, -0.25) is 14.7 Å². The van der Waals surface area contributed by atoms with E-state index in [1.54, 1.807) is 24.4 Å². The van der Waals surface area contributed by atoms with Gasteiger partial charge in [-0.25, -0.2) is 9.78 Å². The number of hydrogen-bond donors (Lipinski definition) is 2. The molecule has 0 unspecified atom stereocenters. The van der Waals surface area contributed by atoms with E-state index in [0.717, 1.165) is 5.56 Å². The Kier molecular flexibility index (Phi) is 5.96. The molecule has 0 aliphatic rings. The Bertz CT molecular complexity index is 1040. The number of urea groups is 1. The molecule has 3 rings (SSSR count). The predicted octanol–water partition coefficient (Wildman–Crippen LogP) is 4.68. The van der Waals surface area contributed by atoms with Crippen LogP contribution in [0.5, 0.6) is 0 Å². The highest BCUT2D eigenvalue weighted by Crippen LogP contribution is 2.39. The third-order valence-corrected chi connectivity index (χ3v) is 4.66. The van der Waals surface area contributed by atoms with Gasteiger partial charge >= 0.3 is 6.03 Å². The maximum atomic E-state index is 12.0. The third-order valence-electron chi connectivity index (χ3n) is 4.08. The van der Waals surface area contributed by atoms with Crippen LogP contribution in [0.3, 0.4) is 0 Å². The van der Waals surface area contributed by atoms with Gasteiger partial charge in [0.05, 0.1) is 21.9 Å². The lowest BCUT2D eigenvalue weighted by atomic mass is 10.1. The molecule has 0 atom stereocenters. The summed E-state index contributed by atoms with van der Waals surface area (Å²) >= 11 is 12.4. The van der Waals surface area contributed by atoms with Gasteiger partial charge in [-0.2, -0.15) is 0 Å². The van der Waals surface area contributed by atoms with Gasteiger partial charge in [0.15, 0.2) is 5.15 Å². The molecule has 7 nitrogen and oxygen atoms in total. The lowest BCUT2D eigenvalue weighted by Crippen LogP contribution is -2.28. The van der Waals surface area contributed by atoms with Gasteiger partial charge in [-0.05, 0) is 31.5 Å². The van der Waals surface area contributed by atoms with Gasteiger partial charge in [0.25, 0.3) is 0 Å². The zero-order chi connectivity index (χ0) is 20.3. The number of fused-ring (bicyclic) bond motifs is 1. The SMILES string of the molecule is CCNC(=O)Nc1c(C)cnc2c(N(C=O)c3c(Cl)ccnc3Cl)cccc12. The monoisotopic (exact) mass is 417 g/mol. The Morgan fingerprint density at radius 2 is 2.04 bits per heavy atom. The molecule has 0 aliphatic heterocycles. The first-order chi connectivity index (χ1) is 13.5. The van der Waals surface area contributed by atoms with Crippen molar-refractivity contribution in [3.8, 4) is 0 Å². The Labute approximate surface area is 171 Å². The van der Waals surface area contributed by atoms with E-state index in [9.17, 15) is 9.59 Å². The predicted molar refractivity (Wildman–Crippen MR) is 112 cm³/mol. The molecule has 0 fully saturated rings. The molecule has 3 aromatic rings. The summed E-state index contributed by atoms with van der Waals surface area (Å²) in [6.07, 6.45) is 3.68. The Hall–Kier alpha value is -2.90. The number of halogens is 2. The van der Waals surface area contributed by atoms with Crippen LogP contribution in [0.1, 0.15) is 12.5 Å². The number of amides is 3. The number of benzene rings is 1. The van der Waals surface area contributed by atoms with Crippen LogP contribution in [0.4, 0.5) is 21.9 Å². The topological polar surface area (TPSA) is 87.2 Å². The van der Waals surface area contributed by atoms with Crippen molar-refractivity contribution in [1.82, 2.24) is 15.3 Å². The minimum Gasteiger partial charge on any atom is -0.338 e. The highest BCUT2D eigenvalue weighted by atomic mass is 35.5. The number of pyridine rings is 2. The molecule has 2 aromatic heterocycles. The van der Waals surface area contributed by atoms with Crippen molar-refractivity contribution < 1.29 is 9.59 Å². The molecule has 0 saturated heterocycles. The van der Waals surface area contributed by atoms with Gasteiger partial charge in [0.2, 0.25) is 6.41 Å². The molecule has 0 spiro atoms. The van der Waals surface area contributed by atoms with Crippen molar-refractivity contribution in [2.75, 3.05) is 16.8 Å². The van der Waals surface area contributed by atoms with E-state index in [1.165, 1.54) is 11.1 Å². The second-order valence-corrected chi connectivity index (χ2v) is 6.65. The summed E-state index contributed by atoms with van der Waals surface area (Å²) in [5.74, 6) is 0. The first kappa shape index (κ1) is 19.9. The Balaban J connectivity index is 2.20. The summed E-state index contributed by atoms with van der Waals surface area (Å²) in [6, 6.07) is 6.51. The maximum Gasteiger partial charge on any atom is 0.319 e. The average Bonchev–Trinajstić information content (AvgIpc) is 2.67. The van der Waals surface area contributed by atoms with Crippen molar-refractivity contribution in [2.45, 2.75) is 13.8 Å². The van der Waals surface area contributed by atoms with Gasteiger partial charge < -0.3 is 10.6 Å². The van der Waals surface area contributed by atoms with Crippen LogP contribution >= 0.6 is 23.2 Å². The fourth-order valence-corrected chi connectivity index (χ4v) is 3.37. The zero-order valence-electron chi connectivity index (χ0n) is 15.2. The summed E-state index contributed by atoms with van der Waals surface area (Å²) in [6.45, 7) is 4.17. The summed E-state index contributed by atoms with van der Waals surface area (Å²) in [7, 11) is 0. The van der Waals surface area contributed by atoms with Gasteiger partial charge in [-0.15, -0.1) is 0 Å². The average molecular weight is 418 g/mol. The van der Waals surface area contributed by atoms with Crippen LogP contribution in [0.15, 0.2) is 36.7 Å². The van der Waals surface area contributed by atoms with Crippen molar-refractivity contribution in [2.24, 2.45) is 0 Å². The smallest absolute Gasteiger partial charge is 0.319 e. The Morgan fingerprint density at radius 1 is 1.25 bits per heavy atom. The molecular weight excluding hydrogens is 401 g/mol. The molecule has 28 heavy (non-hydrogen) atoms. The highest BCUT2D eigenvalue weighted by molar-refractivity contribution is 6.39. The summed E-state index contributed by atoms with van der Waals surface area (Å²) in [4.78, 5) is 33.7. The first-order valence-corrected chi connectivity index (χ1v) is 9.21. The lowest BCUT2D eigenvalue weighted by molar-refractivity contribution is -0.106. The van der Waals surface area contributed by atoms with Crippen molar-refractivity contribution >= 4 is 63.6 Å². The summed E-state index contributed by atoms with van der Waals surface area (Å²) in [5, 5.41) is 6.57. The van der Waals surface area contributed by atoms with Gasteiger partial charge in [0, 0.05) is 24.3 Å². The number of para-hydroxylation sites is 1. The van der Waals surface area contributed by atoms with Crippen LogP contribution in [-0.4, -0.2) is 29.0 Å². The van der Waals surface area contributed by atoms with Crippen molar-refractivity contribution in [1.29, 1.82) is 0 Å². The quantitative estimate of drug-likeness (QED) is 0.465. The molecule has 3 amide bonds. The second-order valence-electron chi connectivity index (χ2n) is 5.88. The number of anilines is 3. The summed E-state index contributed by atoms with van der Waals surface area (Å²) in [5.41, 5.74) is 2.61. The number of aryl methyl sites for hydroxylation is 1. The van der Waals surface area contributed by atoms with E-state index in [1.807, 2.05) is 19.9 Å². The van der Waals surface area contributed by atoms with E-state index in [4.69, 9.17) is 23.2 Å².